The highest BCUT2D eigenvalue weighted by atomic mass is 16.5. The number of fused-ring (bicyclic) bond motifs is 1. The van der Waals surface area contributed by atoms with Crippen molar-refractivity contribution in [2.75, 3.05) is 13.2 Å². The number of hydrogen-bond donors (Lipinski definition) is 2. The molecule has 1 unspecified atom stereocenters. The smallest absolute Gasteiger partial charge is 0.245 e. The highest BCUT2D eigenvalue weighted by molar-refractivity contribution is 5.91. The second kappa shape index (κ2) is 6.04. The largest absolute Gasteiger partial charge is 0.378 e. The minimum atomic E-state index is -1.09. The molecule has 2 heterocycles. The van der Waals surface area contributed by atoms with E-state index in [9.17, 15) is 9.59 Å². The van der Waals surface area contributed by atoms with Gasteiger partial charge in [-0.1, -0.05) is 18.2 Å². The fourth-order valence-electron chi connectivity index (χ4n) is 3.16. The number of nitrogens with zero attached hydrogens (tertiary/aromatic N) is 1. The van der Waals surface area contributed by atoms with Gasteiger partial charge in [-0.25, -0.2) is 0 Å². The molecule has 2 aromatic rings. The third-order valence-electron chi connectivity index (χ3n) is 4.41. The highest BCUT2D eigenvalue weighted by Gasteiger charge is 2.40. The molecule has 1 aromatic heterocycles. The molecule has 0 aliphatic carbocycles. The maximum Gasteiger partial charge on any atom is 0.245 e. The van der Waals surface area contributed by atoms with E-state index >= 15 is 0 Å². The molecule has 1 fully saturated rings. The fraction of sp³-hybridized carbons (Fsp3) is 0.412. The predicted octanol–water partition coefficient (Wildman–Crippen LogP) is 1.10. The highest BCUT2D eigenvalue weighted by Crippen LogP contribution is 2.21. The molecule has 1 aliphatic heterocycles. The van der Waals surface area contributed by atoms with Crippen LogP contribution in [0.4, 0.5) is 0 Å². The lowest BCUT2D eigenvalue weighted by atomic mass is 9.91. The van der Waals surface area contributed by atoms with Gasteiger partial charge in [0, 0.05) is 17.8 Å². The summed E-state index contributed by atoms with van der Waals surface area (Å²) in [5.74, 6) is -0.779. The minimum absolute atomic E-state index is 0.138. The van der Waals surface area contributed by atoms with E-state index in [2.05, 4.69) is 5.32 Å². The summed E-state index contributed by atoms with van der Waals surface area (Å²) < 4.78 is 7.29. The van der Waals surface area contributed by atoms with Gasteiger partial charge in [-0.2, -0.15) is 0 Å². The molecule has 1 aliphatic rings. The number of hydrogen-bond acceptors (Lipinski definition) is 3. The Morgan fingerprint density at radius 3 is 2.87 bits per heavy atom. The molecule has 3 rings (SSSR count). The molecule has 0 radical (unpaired) electrons. The van der Waals surface area contributed by atoms with Crippen molar-refractivity contribution >= 4 is 22.7 Å². The average Bonchev–Trinajstić information content (AvgIpc) is 2.84. The van der Waals surface area contributed by atoms with Gasteiger partial charge in [-0.3, -0.25) is 9.59 Å². The SMILES string of the molecule is Cc1cc2ccccc2n1CC(=O)NC1(C(N)=O)CCCOC1. The topological polar surface area (TPSA) is 86.4 Å². The van der Waals surface area contributed by atoms with Crippen molar-refractivity contribution in [3.63, 3.8) is 0 Å². The Kier molecular flexibility index (Phi) is 4.09. The number of ether oxygens (including phenoxy) is 1. The van der Waals surface area contributed by atoms with Gasteiger partial charge < -0.3 is 20.4 Å². The molecule has 0 bridgehead atoms. The zero-order valence-corrected chi connectivity index (χ0v) is 13.2. The molecular formula is C17H21N3O3. The number of amides is 2. The number of nitrogens with one attached hydrogen (secondary N) is 1. The van der Waals surface area contributed by atoms with Gasteiger partial charge in [0.1, 0.15) is 12.1 Å². The number of carbonyl (C=O) groups excluding carboxylic acids is 2. The van der Waals surface area contributed by atoms with Crippen LogP contribution in [0.3, 0.4) is 0 Å². The molecule has 1 aromatic carbocycles. The van der Waals surface area contributed by atoms with Crippen LogP contribution in [0.15, 0.2) is 30.3 Å². The van der Waals surface area contributed by atoms with Crippen LogP contribution in [0, 0.1) is 6.92 Å². The standard InChI is InChI=1S/C17H21N3O3/c1-12-9-13-5-2-3-6-14(13)20(12)10-15(21)19-17(16(18)22)7-4-8-23-11-17/h2-3,5-6,9H,4,7-8,10-11H2,1H3,(H2,18,22)(H,19,21). The van der Waals surface area contributed by atoms with Gasteiger partial charge in [-0.05, 0) is 37.3 Å². The summed E-state index contributed by atoms with van der Waals surface area (Å²) in [5.41, 5.74) is 6.40. The maximum absolute atomic E-state index is 12.5. The monoisotopic (exact) mass is 315 g/mol. The van der Waals surface area contributed by atoms with Crippen molar-refractivity contribution in [1.29, 1.82) is 0 Å². The quantitative estimate of drug-likeness (QED) is 0.886. The normalized spacial score (nSPS) is 21.3. The number of para-hydroxylation sites is 1. The first-order valence-corrected chi connectivity index (χ1v) is 7.75. The first-order valence-electron chi connectivity index (χ1n) is 7.75. The summed E-state index contributed by atoms with van der Waals surface area (Å²) >= 11 is 0. The van der Waals surface area contributed by atoms with E-state index in [0.717, 1.165) is 16.6 Å². The first-order chi connectivity index (χ1) is 11.0. The summed E-state index contributed by atoms with van der Waals surface area (Å²) in [7, 11) is 0. The lowest BCUT2D eigenvalue weighted by molar-refractivity contribution is -0.137. The van der Waals surface area contributed by atoms with E-state index in [-0.39, 0.29) is 19.1 Å². The molecule has 6 heteroatoms. The van der Waals surface area contributed by atoms with Crippen LogP contribution in [-0.4, -0.2) is 35.1 Å². The molecule has 1 saturated heterocycles. The Balaban J connectivity index is 1.80. The Morgan fingerprint density at radius 2 is 2.17 bits per heavy atom. The molecule has 6 nitrogen and oxygen atoms in total. The van der Waals surface area contributed by atoms with E-state index in [0.29, 0.717) is 19.4 Å². The molecule has 0 spiro atoms. The van der Waals surface area contributed by atoms with Gasteiger partial charge in [-0.15, -0.1) is 0 Å². The van der Waals surface area contributed by atoms with Crippen LogP contribution in [0.1, 0.15) is 18.5 Å². The molecule has 1 atom stereocenters. The van der Waals surface area contributed by atoms with E-state index in [1.54, 1.807) is 0 Å². The van der Waals surface area contributed by atoms with E-state index < -0.39 is 11.4 Å². The number of primary amides is 1. The van der Waals surface area contributed by atoms with E-state index in [4.69, 9.17) is 10.5 Å². The Morgan fingerprint density at radius 1 is 1.39 bits per heavy atom. The average molecular weight is 315 g/mol. The van der Waals surface area contributed by atoms with Gasteiger partial charge in [0.25, 0.3) is 0 Å². The van der Waals surface area contributed by atoms with Crippen LogP contribution in [-0.2, 0) is 20.9 Å². The molecule has 122 valence electrons. The number of carbonyl (C=O) groups is 2. The number of nitrogens with two attached hydrogens (primary N) is 1. The van der Waals surface area contributed by atoms with Gasteiger partial charge in [0.05, 0.1) is 6.61 Å². The molecule has 0 saturated carbocycles. The summed E-state index contributed by atoms with van der Waals surface area (Å²) in [6, 6.07) is 9.93. The first kappa shape index (κ1) is 15.6. The van der Waals surface area contributed by atoms with Crippen LogP contribution in [0.5, 0.6) is 0 Å². The third kappa shape index (κ3) is 2.94. The number of aromatic nitrogens is 1. The van der Waals surface area contributed by atoms with Gasteiger partial charge in [0.2, 0.25) is 11.8 Å². The van der Waals surface area contributed by atoms with Crippen molar-refractivity contribution in [3.8, 4) is 0 Å². The van der Waals surface area contributed by atoms with E-state index in [1.807, 2.05) is 41.8 Å². The van der Waals surface area contributed by atoms with Crippen LogP contribution < -0.4 is 11.1 Å². The zero-order valence-electron chi connectivity index (χ0n) is 13.2. The maximum atomic E-state index is 12.5. The molecule has 2 amide bonds. The summed E-state index contributed by atoms with van der Waals surface area (Å²) in [6.07, 6.45) is 1.22. The number of benzene rings is 1. The van der Waals surface area contributed by atoms with Crippen molar-refractivity contribution < 1.29 is 14.3 Å². The van der Waals surface area contributed by atoms with Crippen molar-refractivity contribution in [3.05, 3.63) is 36.0 Å². The molecule has 3 N–H and O–H groups in total. The Labute approximate surface area is 134 Å². The second-order valence-corrected chi connectivity index (χ2v) is 6.08. The van der Waals surface area contributed by atoms with Crippen molar-refractivity contribution in [2.45, 2.75) is 31.8 Å². The van der Waals surface area contributed by atoms with Gasteiger partial charge >= 0.3 is 0 Å². The lowest BCUT2D eigenvalue weighted by Crippen LogP contribution is -2.62. The molecule has 23 heavy (non-hydrogen) atoms. The zero-order chi connectivity index (χ0) is 16.4. The van der Waals surface area contributed by atoms with E-state index in [1.165, 1.54) is 0 Å². The third-order valence-corrected chi connectivity index (χ3v) is 4.41. The Bertz CT molecular complexity index is 745. The van der Waals surface area contributed by atoms with Crippen LogP contribution >= 0.6 is 0 Å². The summed E-state index contributed by atoms with van der Waals surface area (Å²) in [4.78, 5) is 24.3. The minimum Gasteiger partial charge on any atom is -0.378 e. The predicted molar refractivity (Wildman–Crippen MR) is 86.8 cm³/mol. The van der Waals surface area contributed by atoms with Crippen molar-refractivity contribution in [1.82, 2.24) is 9.88 Å². The fourth-order valence-corrected chi connectivity index (χ4v) is 3.16. The summed E-state index contributed by atoms with van der Waals surface area (Å²) in [5, 5.41) is 3.89. The van der Waals surface area contributed by atoms with Crippen LogP contribution in [0.2, 0.25) is 0 Å². The molecular weight excluding hydrogens is 294 g/mol. The Hall–Kier alpha value is -2.34. The van der Waals surface area contributed by atoms with Gasteiger partial charge in [0.15, 0.2) is 0 Å². The summed E-state index contributed by atoms with van der Waals surface area (Å²) in [6.45, 7) is 2.83. The number of aryl methyl sites for hydroxylation is 1. The van der Waals surface area contributed by atoms with Crippen LogP contribution in [0.25, 0.3) is 10.9 Å². The van der Waals surface area contributed by atoms with Crippen molar-refractivity contribution in [2.24, 2.45) is 5.73 Å². The lowest BCUT2D eigenvalue weighted by Gasteiger charge is -2.34. The second-order valence-electron chi connectivity index (χ2n) is 6.08. The number of rotatable bonds is 4.